The number of hydrogen-bond acceptors (Lipinski definition) is 7. The smallest absolute Gasteiger partial charge is 0.187 e. The van der Waals surface area contributed by atoms with Gasteiger partial charge in [0.1, 0.15) is 9.90 Å². The Morgan fingerprint density at radius 3 is 2.76 bits per heavy atom. The molecule has 0 radical (unpaired) electrons. The Hall–Kier alpha value is -0.860. The third-order valence-corrected chi connectivity index (χ3v) is 8.15. The number of anilines is 2. The van der Waals surface area contributed by atoms with Gasteiger partial charge in [0.15, 0.2) is 15.7 Å². The molecule has 1 aromatic heterocycles. The fraction of sp³-hybridized carbons (Fsp3) is 0.769. The molecule has 3 aliphatic rings. The Morgan fingerprint density at radius 2 is 2.00 bits per heavy atom. The van der Waals surface area contributed by atoms with Gasteiger partial charge in [0, 0.05) is 25.7 Å². The zero-order chi connectivity index (χ0) is 14.6. The Kier molecular flexibility index (Phi) is 3.16. The number of piperazine rings is 1. The van der Waals surface area contributed by atoms with Gasteiger partial charge in [-0.15, -0.1) is 0 Å². The highest BCUT2D eigenvalue weighted by atomic mass is 32.2. The second kappa shape index (κ2) is 4.82. The van der Waals surface area contributed by atoms with E-state index in [2.05, 4.69) is 14.2 Å². The molecule has 2 N–H and O–H groups in total. The molecule has 0 aromatic carbocycles. The van der Waals surface area contributed by atoms with Gasteiger partial charge in [-0.25, -0.2) is 8.42 Å². The van der Waals surface area contributed by atoms with E-state index in [0.29, 0.717) is 10.9 Å². The predicted octanol–water partition coefficient (Wildman–Crippen LogP) is 0.946. The lowest BCUT2D eigenvalue weighted by Crippen LogP contribution is -2.50. The van der Waals surface area contributed by atoms with Crippen LogP contribution in [0.4, 0.5) is 10.8 Å². The van der Waals surface area contributed by atoms with Gasteiger partial charge in [-0.05, 0) is 43.8 Å². The number of hydrogen-bond donors (Lipinski definition) is 1. The van der Waals surface area contributed by atoms with Crippen molar-refractivity contribution in [1.82, 2.24) is 9.27 Å². The molecule has 3 heterocycles. The van der Waals surface area contributed by atoms with E-state index in [0.717, 1.165) is 37.5 Å². The normalized spacial score (nSPS) is 27.0. The zero-order valence-electron chi connectivity index (χ0n) is 11.9. The van der Waals surface area contributed by atoms with Gasteiger partial charge in [-0.1, -0.05) is 0 Å². The van der Waals surface area contributed by atoms with Crippen LogP contribution in [0.2, 0.25) is 0 Å². The highest BCUT2D eigenvalue weighted by molar-refractivity contribution is 7.92. The van der Waals surface area contributed by atoms with Gasteiger partial charge in [0.2, 0.25) is 0 Å². The molecule has 1 aliphatic carbocycles. The molecule has 4 rings (SSSR count). The molecule has 2 saturated heterocycles. The van der Waals surface area contributed by atoms with Crippen LogP contribution in [0.3, 0.4) is 0 Å². The topological polar surface area (TPSA) is 79.5 Å². The molecular weight excluding hydrogens is 308 g/mol. The third-order valence-electron chi connectivity index (χ3n) is 4.78. The summed E-state index contributed by atoms with van der Waals surface area (Å²) in [6, 6.07) is 0.554. The van der Waals surface area contributed by atoms with E-state index in [1.807, 2.05) is 0 Å². The molecule has 0 amide bonds. The van der Waals surface area contributed by atoms with E-state index in [1.165, 1.54) is 30.9 Å². The van der Waals surface area contributed by atoms with Gasteiger partial charge >= 0.3 is 0 Å². The van der Waals surface area contributed by atoms with Crippen molar-refractivity contribution in [3.8, 4) is 0 Å². The minimum atomic E-state index is -3.29. The number of sulfone groups is 1. The van der Waals surface area contributed by atoms with Crippen LogP contribution in [0.25, 0.3) is 0 Å². The second-order valence-corrected chi connectivity index (χ2v) is 9.14. The molecule has 8 heteroatoms. The van der Waals surface area contributed by atoms with Crippen molar-refractivity contribution in [2.24, 2.45) is 0 Å². The molecule has 0 spiro atoms. The molecule has 0 bridgehead atoms. The van der Waals surface area contributed by atoms with Crippen molar-refractivity contribution in [2.75, 3.05) is 36.8 Å². The quantitative estimate of drug-likeness (QED) is 0.890. The van der Waals surface area contributed by atoms with Gasteiger partial charge in [-0.3, -0.25) is 4.90 Å². The van der Waals surface area contributed by atoms with Crippen LogP contribution in [0.1, 0.15) is 25.7 Å². The highest BCUT2D eigenvalue weighted by Gasteiger charge is 2.42. The number of fused-ring (bicyclic) bond motifs is 1. The van der Waals surface area contributed by atoms with Crippen molar-refractivity contribution < 1.29 is 8.42 Å². The van der Waals surface area contributed by atoms with E-state index in [-0.39, 0.29) is 11.1 Å². The zero-order valence-corrected chi connectivity index (χ0v) is 13.5. The summed E-state index contributed by atoms with van der Waals surface area (Å²) >= 11 is 1.24. The molecule has 1 atom stereocenters. The van der Waals surface area contributed by atoms with Crippen LogP contribution in [0.15, 0.2) is 4.90 Å². The number of nitrogens with zero attached hydrogens (tertiary/aromatic N) is 3. The molecule has 6 nitrogen and oxygen atoms in total. The van der Waals surface area contributed by atoms with Gasteiger partial charge in [-0.2, -0.15) is 4.37 Å². The van der Waals surface area contributed by atoms with E-state index >= 15 is 0 Å². The lowest BCUT2D eigenvalue weighted by atomic mass is 10.1. The molecule has 3 fully saturated rings. The minimum Gasteiger partial charge on any atom is -0.382 e. The van der Waals surface area contributed by atoms with Crippen molar-refractivity contribution in [2.45, 2.75) is 41.9 Å². The maximum Gasteiger partial charge on any atom is 0.187 e. The summed E-state index contributed by atoms with van der Waals surface area (Å²) in [4.78, 5) is 5.01. The summed E-state index contributed by atoms with van der Waals surface area (Å²) in [6.45, 7) is 3.95. The molecular formula is C13H20N4O2S2. The molecule has 116 valence electrons. The van der Waals surface area contributed by atoms with Crippen molar-refractivity contribution in [3.63, 3.8) is 0 Å². The van der Waals surface area contributed by atoms with Gasteiger partial charge in [0.05, 0.1) is 5.25 Å². The molecule has 1 aromatic rings. The fourth-order valence-corrected chi connectivity index (χ4v) is 6.54. The van der Waals surface area contributed by atoms with Crippen molar-refractivity contribution in [3.05, 3.63) is 0 Å². The Morgan fingerprint density at radius 1 is 1.19 bits per heavy atom. The minimum absolute atomic E-state index is 0.191. The molecule has 2 aliphatic heterocycles. The summed E-state index contributed by atoms with van der Waals surface area (Å²) < 4.78 is 29.4. The summed E-state index contributed by atoms with van der Waals surface area (Å²) in [5, 5.41) is 0.536. The standard InChI is InChI=1S/C13H20N4O2S2/c14-12-11(21(18,19)10-3-4-10)13(20-15-12)17-7-6-16-5-1-2-9(16)8-17/h9-10H,1-8H2,(H2,14,15). The monoisotopic (exact) mass is 328 g/mol. The van der Waals surface area contributed by atoms with Crippen LogP contribution in [0, 0.1) is 0 Å². The average molecular weight is 328 g/mol. The summed E-state index contributed by atoms with van der Waals surface area (Å²) in [5.74, 6) is 0.191. The first kappa shape index (κ1) is 13.8. The Bertz CT molecular complexity index is 653. The number of nitrogens with two attached hydrogens (primary N) is 1. The van der Waals surface area contributed by atoms with Crippen LogP contribution in [-0.4, -0.2) is 55.2 Å². The van der Waals surface area contributed by atoms with E-state index in [4.69, 9.17) is 5.73 Å². The third kappa shape index (κ3) is 2.24. The van der Waals surface area contributed by atoms with Crippen molar-refractivity contribution >= 4 is 32.2 Å². The fourth-order valence-electron chi connectivity index (χ4n) is 3.47. The first-order valence-electron chi connectivity index (χ1n) is 7.55. The van der Waals surface area contributed by atoms with Crippen LogP contribution >= 0.6 is 11.5 Å². The summed E-state index contributed by atoms with van der Waals surface area (Å²) in [6.07, 6.45) is 3.97. The number of rotatable bonds is 3. The second-order valence-electron chi connectivity index (χ2n) is 6.22. The lowest BCUT2D eigenvalue weighted by molar-refractivity contribution is 0.231. The Labute approximate surface area is 129 Å². The van der Waals surface area contributed by atoms with E-state index in [1.54, 1.807) is 0 Å². The lowest BCUT2D eigenvalue weighted by Gasteiger charge is -2.38. The van der Waals surface area contributed by atoms with E-state index < -0.39 is 9.84 Å². The number of aromatic nitrogens is 1. The molecule has 21 heavy (non-hydrogen) atoms. The maximum atomic E-state index is 12.6. The summed E-state index contributed by atoms with van der Waals surface area (Å²) in [5.41, 5.74) is 5.89. The first-order valence-corrected chi connectivity index (χ1v) is 9.87. The largest absolute Gasteiger partial charge is 0.382 e. The highest BCUT2D eigenvalue weighted by Crippen LogP contribution is 2.43. The molecule has 1 unspecified atom stereocenters. The van der Waals surface area contributed by atoms with Crippen molar-refractivity contribution in [1.29, 1.82) is 0 Å². The van der Waals surface area contributed by atoms with Crippen LogP contribution < -0.4 is 10.6 Å². The average Bonchev–Trinajstić information content (AvgIpc) is 3.10. The summed E-state index contributed by atoms with van der Waals surface area (Å²) in [7, 11) is -3.29. The van der Waals surface area contributed by atoms with E-state index in [9.17, 15) is 8.42 Å². The van der Waals surface area contributed by atoms with Gasteiger partial charge in [0.25, 0.3) is 0 Å². The number of nitrogen functional groups attached to an aromatic ring is 1. The first-order chi connectivity index (χ1) is 10.1. The maximum absolute atomic E-state index is 12.6. The SMILES string of the molecule is Nc1nsc(N2CCN3CCCC3C2)c1S(=O)(=O)C1CC1. The Balaban J connectivity index is 1.66. The van der Waals surface area contributed by atoms with Gasteiger partial charge < -0.3 is 10.6 Å². The van der Waals surface area contributed by atoms with Crippen LogP contribution in [-0.2, 0) is 9.84 Å². The molecule has 1 saturated carbocycles. The van der Waals surface area contributed by atoms with Crippen LogP contribution in [0.5, 0.6) is 0 Å². The predicted molar refractivity (Wildman–Crippen MR) is 83.5 cm³/mol.